The van der Waals surface area contributed by atoms with Crippen LogP contribution >= 0.6 is 11.8 Å². The molecule has 0 aromatic heterocycles. The van der Waals surface area contributed by atoms with Gasteiger partial charge in [0.25, 0.3) is 5.91 Å². The maximum absolute atomic E-state index is 12.4. The summed E-state index contributed by atoms with van der Waals surface area (Å²) in [5.74, 6) is 0.716. The van der Waals surface area contributed by atoms with Gasteiger partial charge in [0.15, 0.2) is 0 Å². The number of hydrogen-bond acceptors (Lipinski definition) is 3. The van der Waals surface area contributed by atoms with Crippen LogP contribution < -0.4 is 10.6 Å². The molecule has 2 rings (SSSR count). The van der Waals surface area contributed by atoms with Crippen LogP contribution in [0.2, 0.25) is 0 Å². The molecule has 0 spiro atoms. The monoisotopic (exact) mass is 342 g/mol. The fraction of sp³-hybridized carbons (Fsp3) is 0.263. The van der Waals surface area contributed by atoms with Crippen LogP contribution in [0, 0.1) is 6.92 Å². The third-order valence-electron chi connectivity index (χ3n) is 3.62. The second kappa shape index (κ2) is 8.55. The van der Waals surface area contributed by atoms with E-state index in [2.05, 4.69) is 10.6 Å². The first-order valence-corrected chi connectivity index (χ1v) is 9.22. The molecule has 0 radical (unpaired) electrons. The van der Waals surface area contributed by atoms with Crippen molar-refractivity contribution in [1.29, 1.82) is 0 Å². The number of carbonyl (C=O) groups excluding carboxylic acids is 2. The van der Waals surface area contributed by atoms with Gasteiger partial charge in [-0.3, -0.25) is 9.59 Å². The number of hydrogen-bond donors (Lipinski definition) is 2. The predicted octanol–water partition coefficient (Wildman–Crippen LogP) is 4.46. The Hall–Kier alpha value is -2.27. The van der Waals surface area contributed by atoms with E-state index in [-0.39, 0.29) is 11.8 Å². The summed E-state index contributed by atoms with van der Waals surface area (Å²) in [6.07, 6.45) is 2.46. The van der Waals surface area contributed by atoms with Crippen molar-refractivity contribution in [2.75, 3.05) is 16.9 Å². The molecular formula is C19H22N2O2S. The Morgan fingerprint density at radius 1 is 1.04 bits per heavy atom. The minimum absolute atomic E-state index is 0.0551. The molecule has 2 aromatic carbocycles. The number of thioether (sulfide) groups is 1. The second-order valence-corrected chi connectivity index (χ2v) is 6.38. The van der Waals surface area contributed by atoms with Crippen LogP contribution in [0.1, 0.15) is 34.8 Å². The van der Waals surface area contributed by atoms with Crippen molar-refractivity contribution < 1.29 is 9.59 Å². The van der Waals surface area contributed by atoms with Crippen molar-refractivity contribution in [3.63, 3.8) is 0 Å². The van der Waals surface area contributed by atoms with E-state index in [1.54, 1.807) is 24.8 Å². The van der Waals surface area contributed by atoms with Crippen LogP contribution in [0.4, 0.5) is 11.4 Å². The summed E-state index contributed by atoms with van der Waals surface area (Å²) in [5.41, 5.74) is 4.12. The van der Waals surface area contributed by atoms with Crippen LogP contribution in [-0.4, -0.2) is 18.1 Å². The molecule has 0 aliphatic rings. The Labute approximate surface area is 147 Å². The highest BCUT2D eigenvalue weighted by Crippen LogP contribution is 2.21. The van der Waals surface area contributed by atoms with E-state index in [4.69, 9.17) is 0 Å². The van der Waals surface area contributed by atoms with Gasteiger partial charge >= 0.3 is 0 Å². The Balaban J connectivity index is 2.12. The molecule has 126 valence electrons. The highest BCUT2D eigenvalue weighted by Gasteiger charge is 2.09. The summed E-state index contributed by atoms with van der Waals surface area (Å²) in [7, 11) is 0. The molecule has 5 heteroatoms. The van der Waals surface area contributed by atoms with E-state index in [0.29, 0.717) is 23.4 Å². The van der Waals surface area contributed by atoms with Gasteiger partial charge in [-0.1, -0.05) is 25.1 Å². The lowest BCUT2D eigenvalue weighted by atomic mass is 10.1. The van der Waals surface area contributed by atoms with Crippen molar-refractivity contribution in [3.8, 4) is 0 Å². The Kier molecular flexibility index (Phi) is 6.44. The molecule has 24 heavy (non-hydrogen) atoms. The van der Waals surface area contributed by atoms with E-state index in [1.807, 2.05) is 49.6 Å². The predicted molar refractivity (Wildman–Crippen MR) is 102 cm³/mol. The second-order valence-electron chi connectivity index (χ2n) is 5.52. The zero-order valence-corrected chi connectivity index (χ0v) is 15.0. The SMILES string of the molecule is CCC(=O)Nc1ccc(C)c(NC(=O)c2ccc(CSC)cc2)c1. The summed E-state index contributed by atoms with van der Waals surface area (Å²) in [5, 5.41) is 5.72. The molecule has 4 nitrogen and oxygen atoms in total. The average Bonchev–Trinajstić information content (AvgIpc) is 2.58. The van der Waals surface area contributed by atoms with Crippen LogP contribution in [0.5, 0.6) is 0 Å². The van der Waals surface area contributed by atoms with Crippen LogP contribution in [0.25, 0.3) is 0 Å². The molecule has 0 heterocycles. The average molecular weight is 342 g/mol. The molecule has 0 bridgehead atoms. The van der Waals surface area contributed by atoms with Gasteiger partial charge in [-0.2, -0.15) is 11.8 Å². The van der Waals surface area contributed by atoms with Crippen molar-refractivity contribution in [3.05, 3.63) is 59.2 Å². The topological polar surface area (TPSA) is 58.2 Å². The largest absolute Gasteiger partial charge is 0.326 e. The summed E-state index contributed by atoms with van der Waals surface area (Å²) in [6.45, 7) is 3.72. The van der Waals surface area contributed by atoms with Gasteiger partial charge in [-0.15, -0.1) is 0 Å². The molecular weight excluding hydrogens is 320 g/mol. The molecule has 0 atom stereocenters. The summed E-state index contributed by atoms with van der Waals surface area (Å²) < 4.78 is 0. The molecule has 0 aliphatic heterocycles. The number of benzene rings is 2. The smallest absolute Gasteiger partial charge is 0.255 e. The molecule has 2 aromatic rings. The minimum atomic E-state index is -0.159. The van der Waals surface area contributed by atoms with Crippen molar-refractivity contribution in [1.82, 2.24) is 0 Å². The Morgan fingerprint density at radius 3 is 2.38 bits per heavy atom. The maximum Gasteiger partial charge on any atom is 0.255 e. The molecule has 0 saturated carbocycles. The molecule has 0 saturated heterocycles. The lowest BCUT2D eigenvalue weighted by Crippen LogP contribution is -2.14. The van der Waals surface area contributed by atoms with E-state index in [1.165, 1.54) is 5.56 Å². The van der Waals surface area contributed by atoms with Gasteiger partial charge in [0.05, 0.1) is 0 Å². The molecule has 2 N–H and O–H groups in total. The number of nitrogens with one attached hydrogen (secondary N) is 2. The molecule has 0 unspecified atom stereocenters. The first kappa shape index (κ1) is 18.1. The number of amides is 2. The Bertz CT molecular complexity index is 727. The first-order chi connectivity index (χ1) is 11.5. The van der Waals surface area contributed by atoms with Crippen molar-refractivity contribution >= 4 is 35.0 Å². The lowest BCUT2D eigenvalue weighted by molar-refractivity contribution is -0.115. The van der Waals surface area contributed by atoms with Crippen molar-refractivity contribution in [2.24, 2.45) is 0 Å². The standard InChI is InChI=1S/C19H22N2O2S/c1-4-18(22)20-16-10-5-13(2)17(11-16)21-19(23)15-8-6-14(7-9-15)12-24-3/h5-11H,4,12H2,1-3H3,(H,20,22)(H,21,23). The number of rotatable bonds is 6. The van der Waals surface area contributed by atoms with Crippen molar-refractivity contribution in [2.45, 2.75) is 26.0 Å². The van der Waals surface area contributed by atoms with E-state index in [0.717, 1.165) is 11.3 Å². The van der Waals surface area contributed by atoms with Crippen LogP contribution in [0.15, 0.2) is 42.5 Å². The van der Waals surface area contributed by atoms with Crippen LogP contribution in [-0.2, 0) is 10.5 Å². The van der Waals surface area contributed by atoms with Crippen LogP contribution in [0.3, 0.4) is 0 Å². The quantitative estimate of drug-likeness (QED) is 0.815. The number of carbonyl (C=O) groups is 2. The highest BCUT2D eigenvalue weighted by atomic mass is 32.2. The van der Waals surface area contributed by atoms with E-state index in [9.17, 15) is 9.59 Å². The fourth-order valence-electron chi connectivity index (χ4n) is 2.20. The third kappa shape index (κ3) is 4.86. The molecule has 0 aliphatic carbocycles. The van der Waals surface area contributed by atoms with Gasteiger partial charge < -0.3 is 10.6 Å². The Morgan fingerprint density at radius 2 is 1.75 bits per heavy atom. The van der Waals surface area contributed by atoms with E-state index >= 15 is 0 Å². The molecule has 0 fully saturated rings. The van der Waals surface area contributed by atoms with E-state index < -0.39 is 0 Å². The first-order valence-electron chi connectivity index (χ1n) is 7.83. The number of aryl methyl sites for hydroxylation is 1. The van der Waals surface area contributed by atoms with Gasteiger partial charge in [-0.05, 0) is 48.6 Å². The minimum Gasteiger partial charge on any atom is -0.326 e. The lowest BCUT2D eigenvalue weighted by Gasteiger charge is -2.11. The summed E-state index contributed by atoms with van der Waals surface area (Å²) in [6, 6.07) is 13.1. The fourth-order valence-corrected chi connectivity index (χ4v) is 2.72. The zero-order chi connectivity index (χ0) is 17.5. The zero-order valence-electron chi connectivity index (χ0n) is 14.2. The van der Waals surface area contributed by atoms with Gasteiger partial charge in [-0.25, -0.2) is 0 Å². The summed E-state index contributed by atoms with van der Waals surface area (Å²) >= 11 is 1.75. The maximum atomic E-state index is 12.4. The van der Waals surface area contributed by atoms with Gasteiger partial charge in [0.2, 0.25) is 5.91 Å². The normalized spacial score (nSPS) is 10.3. The molecule has 2 amide bonds. The highest BCUT2D eigenvalue weighted by molar-refractivity contribution is 7.97. The van der Waals surface area contributed by atoms with Gasteiger partial charge in [0.1, 0.15) is 0 Å². The summed E-state index contributed by atoms with van der Waals surface area (Å²) in [4.78, 5) is 23.9. The van der Waals surface area contributed by atoms with Gasteiger partial charge in [0, 0.05) is 29.1 Å². The number of anilines is 2. The third-order valence-corrected chi connectivity index (χ3v) is 4.24.